The third kappa shape index (κ3) is 5.04. The van der Waals surface area contributed by atoms with E-state index in [1.54, 1.807) is 0 Å². The fraction of sp³-hybridized carbons (Fsp3) is 0.500. The molecule has 0 saturated carbocycles. The summed E-state index contributed by atoms with van der Waals surface area (Å²) in [4.78, 5) is 12.6. The zero-order valence-corrected chi connectivity index (χ0v) is 19.4. The molecule has 0 bridgehead atoms. The number of ether oxygens (including phenoxy) is 1. The van der Waals surface area contributed by atoms with Gasteiger partial charge >= 0.3 is 5.97 Å². The van der Waals surface area contributed by atoms with Crippen LogP contribution in [0.15, 0.2) is 42.5 Å². The maximum absolute atomic E-state index is 12.6. The van der Waals surface area contributed by atoms with Crippen molar-refractivity contribution in [3.63, 3.8) is 0 Å². The molecule has 1 atom stereocenters. The van der Waals surface area contributed by atoms with Gasteiger partial charge in [-0.2, -0.15) is 0 Å². The smallest absolute Gasteiger partial charge is 0.323 e. The summed E-state index contributed by atoms with van der Waals surface area (Å²) >= 11 is 0. The Morgan fingerprint density at radius 1 is 0.786 bits per heavy atom. The van der Waals surface area contributed by atoms with Crippen LogP contribution in [0.3, 0.4) is 0 Å². The van der Waals surface area contributed by atoms with E-state index in [-0.39, 0.29) is 22.7 Å². The number of fused-ring (bicyclic) bond motifs is 1. The SMILES string of the molecule is CC.CC.CC(C)(C)c1cc2c(c(C(C)(C)C)c1)OC(=O)C2c1ccccc1. The molecule has 0 saturated heterocycles. The van der Waals surface area contributed by atoms with Gasteiger partial charge in [-0.05, 0) is 22.0 Å². The van der Waals surface area contributed by atoms with Crippen molar-refractivity contribution in [3.8, 4) is 5.75 Å². The summed E-state index contributed by atoms with van der Waals surface area (Å²) in [5.74, 6) is 0.256. The molecule has 0 N–H and O–H groups in total. The lowest BCUT2D eigenvalue weighted by Crippen LogP contribution is -2.17. The highest BCUT2D eigenvalue weighted by Crippen LogP contribution is 2.47. The van der Waals surface area contributed by atoms with E-state index in [0.29, 0.717) is 0 Å². The van der Waals surface area contributed by atoms with Gasteiger partial charge in [-0.25, -0.2) is 0 Å². The summed E-state index contributed by atoms with van der Waals surface area (Å²) in [7, 11) is 0. The van der Waals surface area contributed by atoms with Crippen LogP contribution in [-0.4, -0.2) is 5.97 Å². The molecule has 2 aromatic carbocycles. The van der Waals surface area contributed by atoms with Crippen LogP contribution in [-0.2, 0) is 15.6 Å². The molecule has 28 heavy (non-hydrogen) atoms. The molecule has 0 spiro atoms. The Balaban J connectivity index is 0.000000921. The maximum atomic E-state index is 12.6. The number of carbonyl (C=O) groups excluding carboxylic acids is 1. The van der Waals surface area contributed by atoms with Gasteiger partial charge in [-0.15, -0.1) is 0 Å². The highest BCUT2D eigenvalue weighted by molar-refractivity contribution is 5.90. The summed E-state index contributed by atoms with van der Waals surface area (Å²) < 4.78 is 5.76. The first-order valence-corrected chi connectivity index (χ1v) is 10.5. The van der Waals surface area contributed by atoms with Crippen LogP contribution in [0, 0.1) is 0 Å². The van der Waals surface area contributed by atoms with Crippen LogP contribution in [0.5, 0.6) is 5.75 Å². The highest BCUT2D eigenvalue weighted by atomic mass is 16.5. The molecule has 3 rings (SSSR count). The second-order valence-corrected chi connectivity index (χ2v) is 8.71. The zero-order chi connectivity index (χ0) is 21.7. The van der Waals surface area contributed by atoms with E-state index >= 15 is 0 Å². The van der Waals surface area contributed by atoms with E-state index in [0.717, 1.165) is 22.4 Å². The van der Waals surface area contributed by atoms with Gasteiger partial charge in [0.25, 0.3) is 0 Å². The normalized spacial score (nSPS) is 15.5. The maximum Gasteiger partial charge on any atom is 0.323 e. The van der Waals surface area contributed by atoms with E-state index in [1.165, 1.54) is 5.56 Å². The van der Waals surface area contributed by atoms with Crippen molar-refractivity contribution in [2.45, 2.75) is 86.0 Å². The predicted octanol–water partition coefficient (Wildman–Crippen LogP) is 7.38. The molecule has 0 aromatic heterocycles. The summed E-state index contributed by atoms with van der Waals surface area (Å²) in [6, 6.07) is 14.3. The first kappa shape index (κ1) is 23.9. The molecule has 0 fully saturated rings. The molecule has 154 valence electrons. The van der Waals surface area contributed by atoms with Crippen molar-refractivity contribution < 1.29 is 9.53 Å². The van der Waals surface area contributed by atoms with Gasteiger partial charge in [0.15, 0.2) is 0 Å². The van der Waals surface area contributed by atoms with Gasteiger partial charge < -0.3 is 4.74 Å². The standard InChI is InChI=1S/C22H26O2.2C2H6/c1-21(2,3)15-12-16-18(14-10-8-7-9-11-14)20(23)24-19(16)17(13-15)22(4,5)6;2*1-2/h7-13,18H,1-6H3;2*1-2H3. The first-order valence-electron chi connectivity index (χ1n) is 10.5. The van der Waals surface area contributed by atoms with Crippen molar-refractivity contribution in [1.82, 2.24) is 0 Å². The first-order chi connectivity index (χ1) is 13.1. The number of hydrogen-bond acceptors (Lipinski definition) is 2. The predicted molar refractivity (Wildman–Crippen MR) is 120 cm³/mol. The van der Waals surface area contributed by atoms with E-state index < -0.39 is 0 Å². The van der Waals surface area contributed by atoms with Crippen molar-refractivity contribution in [1.29, 1.82) is 0 Å². The van der Waals surface area contributed by atoms with Crippen molar-refractivity contribution in [3.05, 3.63) is 64.7 Å². The fourth-order valence-corrected chi connectivity index (χ4v) is 3.22. The Hall–Kier alpha value is -2.09. The highest BCUT2D eigenvalue weighted by Gasteiger charge is 2.39. The molecular weight excluding hydrogens is 344 g/mol. The Morgan fingerprint density at radius 3 is 1.79 bits per heavy atom. The molecular formula is C26H38O2. The second kappa shape index (κ2) is 9.41. The monoisotopic (exact) mass is 382 g/mol. The number of carbonyl (C=O) groups is 1. The van der Waals surface area contributed by atoms with Crippen LogP contribution in [0.2, 0.25) is 0 Å². The Labute approximate surface area is 172 Å². The lowest BCUT2D eigenvalue weighted by Gasteiger charge is -2.27. The van der Waals surface area contributed by atoms with Crippen LogP contribution >= 0.6 is 0 Å². The molecule has 1 aliphatic rings. The van der Waals surface area contributed by atoms with Crippen LogP contribution < -0.4 is 4.74 Å². The second-order valence-electron chi connectivity index (χ2n) is 8.71. The van der Waals surface area contributed by atoms with Gasteiger partial charge in [0.1, 0.15) is 11.7 Å². The van der Waals surface area contributed by atoms with Gasteiger partial charge in [-0.3, -0.25) is 4.79 Å². The lowest BCUT2D eigenvalue weighted by molar-refractivity contribution is -0.133. The summed E-state index contributed by atoms with van der Waals surface area (Å²) in [6.45, 7) is 21.1. The van der Waals surface area contributed by atoms with Crippen LogP contribution in [0.4, 0.5) is 0 Å². The third-order valence-electron chi connectivity index (χ3n) is 4.67. The van der Waals surface area contributed by atoms with Gasteiger partial charge in [0.05, 0.1) is 0 Å². The number of hydrogen-bond donors (Lipinski definition) is 0. The Kier molecular flexibility index (Phi) is 8.05. The molecule has 0 aliphatic carbocycles. The molecule has 0 amide bonds. The van der Waals surface area contributed by atoms with Crippen molar-refractivity contribution >= 4 is 5.97 Å². The lowest BCUT2D eigenvalue weighted by atomic mass is 9.77. The molecule has 1 heterocycles. The van der Waals surface area contributed by atoms with Crippen LogP contribution in [0.1, 0.15) is 97.4 Å². The molecule has 1 aliphatic heterocycles. The molecule has 2 heteroatoms. The van der Waals surface area contributed by atoms with E-state index in [9.17, 15) is 4.79 Å². The number of esters is 1. The van der Waals surface area contributed by atoms with Gasteiger partial charge in [0, 0.05) is 11.1 Å². The summed E-state index contributed by atoms with van der Waals surface area (Å²) in [5, 5.41) is 0. The molecule has 2 nitrogen and oxygen atoms in total. The quantitative estimate of drug-likeness (QED) is 0.380. The minimum Gasteiger partial charge on any atom is -0.425 e. The van der Waals surface area contributed by atoms with E-state index in [2.05, 4.69) is 53.7 Å². The average Bonchev–Trinajstić information content (AvgIpc) is 2.99. The summed E-state index contributed by atoms with van der Waals surface area (Å²) in [5.41, 5.74) is 4.27. The van der Waals surface area contributed by atoms with Crippen molar-refractivity contribution in [2.24, 2.45) is 0 Å². The topological polar surface area (TPSA) is 26.3 Å². The molecule has 2 aromatic rings. The Bertz CT molecular complexity index is 775. The Morgan fingerprint density at radius 2 is 1.32 bits per heavy atom. The van der Waals surface area contributed by atoms with Gasteiger partial charge in [-0.1, -0.05) is 112 Å². The van der Waals surface area contributed by atoms with Gasteiger partial charge in [0.2, 0.25) is 0 Å². The zero-order valence-electron chi connectivity index (χ0n) is 19.4. The minimum absolute atomic E-state index is 0.0158. The van der Waals surface area contributed by atoms with E-state index in [4.69, 9.17) is 4.74 Å². The number of benzene rings is 2. The fourth-order valence-electron chi connectivity index (χ4n) is 3.22. The third-order valence-corrected chi connectivity index (χ3v) is 4.67. The van der Waals surface area contributed by atoms with E-state index in [1.807, 2.05) is 58.0 Å². The number of rotatable bonds is 1. The minimum atomic E-state index is -0.329. The summed E-state index contributed by atoms with van der Waals surface area (Å²) in [6.07, 6.45) is 0. The average molecular weight is 383 g/mol. The largest absolute Gasteiger partial charge is 0.425 e. The molecule has 1 unspecified atom stereocenters. The van der Waals surface area contributed by atoms with Crippen molar-refractivity contribution in [2.75, 3.05) is 0 Å². The molecule has 0 radical (unpaired) electrons. The van der Waals surface area contributed by atoms with Crippen LogP contribution in [0.25, 0.3) is 0 Å².